The van der Waals surface area contributed by atoms with E-state index in [1.54, 1.807) is 0 Å². The fourth-order valence-electron chi connectivity index (χ4n) is 1.06. The molecule has 8 nitrogen and oxygen atoms in total. The van der Waals surface area contributed by atoms with Gasteiger partial charge in [-0.2, -0.15) is 0 Å². The van der Waals surface area contributed by atoms with Gasteiger partial charge in [-0.1, -0.05) is 0 Å². The zero-order valence-corrected chi connectivity index (χ0v) is 7.54. The van der Waals surface area contributed by atoms with Crippen molar-refractivity contribution in [3.63, 3.8) is 0 Å². The zero-order chi connectivity index (χ0) is 11.6. The van der Waals surface area contributed by atoms with Crippen LogP contribution in [0.5, 0.6) is 0 Å². The molecule has 0 saturated heterocycles. The first-order valence-electron chi connectivity index (χ1n) is 3.74. The highest BCUT2D eigenvalue weighted by Crippen LogP contribution is 2.32. The molecule has 0 amide bonds. The highest BCUT2D eigenvalue weighted by atomic mass is 16.6. The van der Waals surface area contributed by atoms with E-state index in [-0.39, 0.29) is 11.3 Å². The minimum Gasteiger partial charge on any atom is -0.258 e. The molecule has 0 radical (unpaired) electrons. The van der Waals surface area contributed by atoms with Gasteiger partial charge >= 0.3 is 0 Å². The lowest BCUT2D eigenvalue weighted by Crippen LogP contribution is -1.95. The summed E-state index contributed by atoms with van der Waals surface area (Å²) in [5.74, 6) is 0. The molecule has 8 heteroatoms. The Morgan fingerprint density at radius 2 is 1.80 bits per heavy atom. The van der Waals surface area contributed by atoms with Gasteiger partial charge in [-0.15, -0.1) is 4.91 Å². The highest BCUT2D eigenvalue weighted by molar-refractivity contribution is 5.62. The van der Waals surface area contributed by atoms with Gasteiger partial charge in [0.15, 0.2) is 0 Å². The van der Waals surface area contributed by atoms with Crippen molar-refractivity contribution >= 4 is 17.1 Å². The summed E-state index contributed by atoms with van der Waals surface area (Å²) < 4.78 is 0. The fourth-order valence-corrected chi connectivity index (χ4v) is 1.06. The number of hydrogen-bond donors (Lipinski definition) is 0. The zero-order valence-electron chi connectivity index (χ0n) is 7.54. The van der Waals surface area contributed by atoms with Gasteiger partial charge in [-0.3, -0.25) is 20.2 Å². The summed E-state index contributed by atoms with van der Waals surface area (Å²) in [5, 5.41) is 23.4. The van der Waals surface area contributed by atoms with E-state index in [2.05, 4.69) is 5.18 Å². The Bertz CT molecular complexity index is 456. The molecule has 0 saturated carbocycles. The molecule has 0 aliphatic rings. The van der Waals surface area contributed by atoms with Crippen molar-refractivity contribution in [1.82, 2.24) is 0 Å². The molecule has 0 heterocycles. The SMILES string of the molecule is Cc1c(N=O)cc([N+](=O)[O-])cc1[N+](=O)[O-]. The molecule has 0 aliphatic carbocycles. The Balaban J connectivity index is 3.51. The van der Waals surface area contributed by atoms with E-state index in [0.717, 1.165) is 12.1 Å². The normalized spacial score (nSPS) is 9.67. The second kappa shape index (κ2) is 3.78. The van der Waals surface area contributed by atoms with Gasteiger partial charge in [0, 0.05) is 6.07 Å². The molecule has 0 atom stereocenters. The van der Waals surface area contributed by atoms with Gasteiger partial charge < -0.3 is 0 Å². The fraction of sp³-hybridized carbons (Fsp3) is 0.143. The van der Waals surface area contributed by atoms with Crippen LogP contribution in [0.4, 0.5) is 17.1 Å². The van der Waals surface area contributed by atoms with Crippen molar-refractivity contribution in [3.05, 3.63) is 42.8 Å². The molecule has 0 fully saturated rings. The summed E-state index contributed by atoms with van der Waals surface area (Å²) in [7, 11) is 0. The van der Waals surface area contributed by atoms with Crippen LogP contribution in [0, 0.1) is 32.1 Å². The maximum Gasteiger partial charge on any atom is 0.281 e. The number of non-ortho nitro benzene ring substituents is 1. The van der Waals surface area contributed by atoms with E-state index in [1.807, 2.05) is 0 Å². The summed E-state index contributed by atoms with van der Waals surface area (Å²) >= 11 is 0. The molecule has 1 aromatic rings. The number of nitrogens with zero attached hydrogens (tertiary/aromatic N) is 3. The molecule has 0 aromatic heterocycles. The predicted octanol–water partition coefficient (Wildman–Crippen LogP) is 2.21. The van der Waals surface area contributed by atoms with Crippen LogP contribution in [0.3, 0.4) is 0 Å². The lowest BCUT2D eigenvalue weighted by Gasteiger charge is -1.99. The van der Waals surface area contributed by atoms with E-state index in [1.165, 1.54) is 6.92 Å². The third kappa shape index (κ3) is 1.93. The molecule has 1 aromatic carbocycles. The van der Waals surface area contributed by atoms with Crippen molar-refractivity contribution in [2.24, 2.45) is 5.18 Å². The van der Waals surface area contributed by atoms with E-state index in [9.17, 15) is 25.1 Å². The van der Waals surface area contributed by atoms with Gasteiger partial charge in [0.1, 0.15) is 5.69 Å². The predicted molar refractivity (Wildman–Crippen MR) is 49.9 cm³/mol. The van der Waals surface area contributed by atoms with Gasteiger partial charge in [0.05, 0.1) is 21.5 Å². The topological polar surface area (TPSA) is 116 Å². The smallest absolute Gasteiger partial charge is 0.258 e. The van der Waals surface area contributed by atoms with Crippen molar-refractivity contribution in [3.8, 4) is 0 Å². The van der Waals surface area contributed by atoms with Crippen molar-refractivity contribution in [2.75, 3.05) is 0 Å². The highest BCUT2D eigenvalue weighted by Gasteiger charge is 2.21. The summed E-state index contributed by atoms with van der Waals surface area (Å²) in [6.45, 7) is 1.30. The first-order valence-corrected chi connectivity index (χ1v) is 3.74. The van der Waals surface area contributed by atoms with E-state index < -0.39 is 21.2 Å². The maximum atomic E-state index is 10.5. The molecule has 0 unspecified atom stereocenters. The summed E-state index contributed by atoms with van der Waals surface area (Å²) in [6.07, 6.45) is 0. The molecular weight excluding hydrogens is 206 g/mol. The van der Waals surface area contributed by atoms with Crippen LogP contribution < -0.4 is 0 Å². The largest absolute Gasteiger partial charge is 0.281 e. The summed E-state index contributed by atoms with van der Waals surface area (Å²) in [5.41, 5.74) is -1.29. The van der Waals surface area contributed by atoms with E-state index in [0.29, 0.717) is 0 Å². The van der Waals surface area contributed by atoms with Crippen molar-refractivity contribution in [2.45, 2.75) is 6.92 Å². The molecular formula is C7H5N3O5. The van der Waals surface area contributed by atoms with Gasteiger partial charge in [-0.25, -0.2) is 0 Å². The number of benzene rings is 1. The standard InChI is InChI=1S/C7H5N3O5/c1-4-6(8-11)2-5(9(12)13)3-7(4)10(14)15/h2-3H,1H3. The maximum absolute atomic E-state index is 10.5. The Kier molecular flexibility index (Phi) is 2.70. The van der Waals surface area contributed by atoms with Crippen molar-refractivity contribution in [1.29, 1.82) is 0 Å². The average molecular weight is 211 g/mol. The minimum atomic E-state index is -0.818. The van der Waals surface area contributed by atoms with Crippen molar-refractivity contribution < 1.29 is 9.85 Å². The first-order chi connectivity index (χ1) is 6.97. The van der Waals surface area contributed by atoms with E-state index in [4.69, 9.17) is 0 Å². The molecule has 15 heavy (non-hydrogen) atoms. The van der Waals surface area contributed by atoms with Gasteiger partial charge in [0.2, 0.25) is 0 Å². The van der Waals surface area contributed by atoms with Crippen LogP contribution >= 0.6 is 0 Å². The Morgan fingerprint density at radius 3 is 2.20 bits per heavy atom. The quantitative estimate of drug-likeness (QED) is 0.431. The van der Waals surface area contributed by atoms with Crippen LogP contribution in [0.1, 0.15) is 5.56 Å². The summed E-state index contributed by atoms with van der Waals surface area (Å²) in [4.78, 5) is 29.6. The summed E-state index contributed by atoms with van der Waals surface area (Å²) in [6, 6.07) is 1.69. The molecule has 0 N–H and O–H groups in total. The van der Waals surface area contributed by atoms with Crippen LogP contribution in [-0.2, 0) is 0 Å². The average Bonchev–Trinajstić information content (AvgIpc) is 2.17. The molecule has 1 rings (SSSR count). The number of hydrogen-bond acceptors (Lipinski definition) is 6. The van der Waals surface area contributed by atoms with Gasteiger partial charge in [-0.05, 0) is 12.1 Å². The van der Waals surface area contributed by atoms with E-state index >= 15 is 0 Å². The minimum absolute atomic E-state index is 0.0144. The molecule has 0 bridgehead atoms. The second-order valence-electron chi connectivity index (χ2n) is 2.71. The number of nitro groups is 2. The second-order valence-corrected chi connectivity index (χ2v) is 2.71. The van der Waals surface area contributed by atoms with Crippen LogP contribution in [0.25, 0.3) is 0 Å². The lowest BCUT2D eigenvalue weighted by molar-refractivity contribution is -0.394. The Morgan fingerprint density at radius 1 is 1.20 bits per heavy atom. The van der Waals surface area contributed by atoms with Crippen LogP contribution in [0.2, 0.25) is 0 Å². The monoisotopic (exact) mass is 211 g/mol. The molecule has 0 aliphatic heterocycles. The lowest BCUT2D eigenvalue weighted by atomic mass is 10.1. The van der Waals surface area contributed by atoms with Crippen LogP contribution in [-0.4, -0.2) is 9.85 Å². The molecule has 78 valence electrons. The number of nitro benzene ring substituents is 2. The Labute approximate surface area is 82.8 Å². The van der Waals surface area contributed by atoms with Crippen LogP contribution in [0.15, 0.2) is 17.3 Å². The third-order valence-electron chi connectivity index (χ3n) is 1.84. The third-order valence-corrected chi connectivity index (χ3v) is 1.84. The number of rotatable bonds is 3. The Hall–Kier alpha value is -2.38. The molecule has 0 spiro atoms. The first kappa shape index (κ1) is 10.7. The number of nitroso groups, excluding NO2 is 1. The van der Waals surface area contributed by atoms with Gasteiger partial charge in [0.25, 0.3) is 11.4 Å².